The number of carbonyl (C=O) groups is 3. The molecule has 0 spiro atoms. The Bertz CT molecular complexity index is 993. The molecule has 0 radical (unpaired) electrons. The van der Waals surface area contributed by atoms with Crippen LogP contribution in [0.1, 0.15) is 18.1 Å². The smallest absolute Gasteiger partial charge is 0.324 e. The highest BCUT2D eigenvalue weighted by Gasteiger charge is 2.52. The van der Waals surface area contributed by atoms with Crippen LogP contribution in [0.5, 0.6) is 0 Å². The van der Waals surface area contributed by atoms with Crippen molar-refractivity contribution in [3.8, 4) is 0 Å². The van der Waals surface area contributed by atoms with Crippen molar-refractivity contribution in [1.82, 2.24) is 10.2 Å². The monoisotopic (exact) mass is 409 g/mol. The standard InChI is InChI=1S/C19H15F4N3O3/c1-18(13-7-2-3-8-14(13)19(21,22)23)16(28)26(17(29)25-18)10-15(27)24-12-6-4-5-11(20)9-12/h2-9H,10H2,1H3,(H,24,27)(H,25,29). The summed E-state index contributed by atoms with van der Waals surface area (Å²) in [5, 5.41) is 4.56. The first-order chi connectivity index (χ1) is 13.5. The molecular formula is C19H15F4N3O3. The summed E-state index contributed by atoms with van der Waals surface area (Å²) < 4.78 is 53.2. The number of nitrogens with zero attached hydrogens (tertiary/aromatic N) is 1. The number of imide groups is 1. The van der Waals surface area contributed by atoms with Crippen molar-refractivity contribution in [2.45, 2.75) is 18.6 Å². The summed E-state index contributed by atoms with van der Waals surface area (Å²) in [6.45, 7) is 0.396. The maximum Gasteiger partial charge on any atom is 0.416 e. The lowest BCUT2D eigenvalue weighted by Gasteiger charge is -2.25. The molecule has 10 heteroatoms. The third kappa shape index (κ3) is 3.91. The fraction of sp³-hybridized carbons (Fsp3) is 0.211. The summed E-state index contributed by atoms with van der Waals surface area (Å²) in [6.07, 6.45) is -4.74. The summed E-state index contributed by atoms with van der Waals surface area (Å²) in [5.41, 5.74) is -3.39. The van der Waals surface area contributed by atoms with Gasteiger partial charge in [0.05, 0.1) is 5.56 Å². The molecule has 152 valence electrons. The second-order valence-electron chi connectivity index (χ2n) is 6.55. The van der Waals surface area contributed by atoms with Crippen LogP contribution in [-0.4, -0.2) is 29.3 Å². The minimum atomic E-state index is -4.74. The average molecular weight is 409 g/mol. The minimum Gasteiger partial charge on any atom is -0.324 e. The number of hydrogen-bond donors (Lipinski definition) is 2. The Morgan fingerprint density at radius 3 is 2.48 bits per heavy atom. The van der Waals surface area contributed by atoms with E-state index in [0.29, 0.717) is 4.90 Å². The summed E-state index contributed by atoms with van der Waals surface area (Å²) in [6, 6.07) is 8.32. The number of urea groups is 1. The van der Waals surface area contributed by atoms with Crippen molar-refractivity contribution >= 4 is 23.5 Å². The summed E-state index contributed by atoms with van der Waals surface area (Å²) in [5.74, 6) is -2.42. The molecule has 6 nitrogen and oxygen atoms in total. The van der Waals surface area contributed by atoms with E-state index in [0.717, 1.165) is 31.2 Å². The van der Waals surface area contributed by atoms with Gasteiger partial charge in [-0.1, -0.05) is 24.3 Å². The molecule has 29 heavy (non-hydrogen) atoms. The van der Waals surface area contributed by atoms with Crippen molar-refractivity contribution in [3.05, 3.63) is 65.5 Å². The van der Waals surface area contributed by atoms with Crippen LogP contribution in [0.15, 0.2) is 48.5 Å². The predicted octanol–water partition coefficient (Wildman–Crippen LogP) is 3.25. The van der Waals surface area contributed by atoms with Crippen molar-refractivity contribution in [2.75, 3.05) is 11.9 Å². The van der Waals surface area contributed by atoms with Crippen molar-refractivity contribution in [1.29, 1.82) is 0 Å². The Kier molecular flexibility index (Phi) is 5.04. The second kappa shape index (κ2) is 7.19. The van der Waals surface area contributed by atoms with E-state index < -0.39 is 53.0 Å². The molecule has 0 aromatic heterocycles. The highest BCUT2D eigenvalue weighted by Crippen LogP contribution is 2.39. The van der Waals surface area contributed by atoms with Gasteiger partial charge in [-0.3, -0.25) is 14.5 Å². The maximum absolute atomic E-state index is 13.3. The molecular weight excluding hydrogens is 394 g/mol. The van der Waals surface area contributed by atoms with Crippen LogP contribution in [0.4, 0.5) is 28.0 Å². The van der Waals surface area contributed by atoms with Gasteiger partial charge >= 0.3 is 12.2 Å². The first-order valence-corrected chi connectivity index (χ1v) is 8.38. The Morgan fingerprint density at radius 1 is 1.14 bits per heavy atom. The zero-order chi connectivity index (χ0) is 21.4. The minimum absolute atomic E-state index is 0.104. The molecule has 4 amide bonds. The lowest BCUT2D eigenvalue weighted by atomic mass is 9.87. The van der Waals surface area contributed by atoms with Gasteiger partial charge in [-0.25, -0.2) is 9.18 Å². The third-order valence-corrected chi connectivity index (χ3v) is 4.46. The molecule has 1 aliphatic rings. The third-order valence-electron chi connectivity index (χ3n) is 4.46. The van der Waals surface area contributed by atoms with E-state index >= 15 is 0 Å². The van der Waals surface area contributed by atoms with Crippen LogP contribution in [0.2, 0.25) is 0 Å². The predicted molar refractivity (Wildman–Crippen MR) is 94.1 cm³/mol. The van der Waals surface area contributed by atoms with Gasteiger partial charge in [0, 0.05) is 5.69 Å². The number of halogens is 4. The number of benzene rings is 2. The van der Waals surface area contributed by atoms with Gasteiger partial charge in [-0.15, -0.1) is 0 Å². The van der Waals surface area contributed by atoms with Gasteiger partial charge in [0.1, 0.15) is 17.9 Å². The largest absolute Gasteiger partial charge is 0.416 e. The van der Waals surface area contributed by atoms with E-state index in [4.69, 9.17) is 0 Å². The number of anilines is 1. The van der Waals surface area contributed by atoms with Gasteiger partial charge < -0.3 is 10.6 Å². The SMILES string of the molecule is CC1(c2ccccc2C(F)(F)F)NC(=O)N(CC(=O)Nc2cccc(F)c2)C1=O. The van der Waals surface area contributed by atoms with E-state index in [1.54, 1.807) is 0 Å². The lowest BCUT2D eigenvalue weighted by molar-refractivity contribution is -0.140. The normalized spacial score (nSPS) is 19.3. The quantitative estimate of drug-likeness (QED) is 0.601. The highest BCUT2D eigenvalue weighted by molar-refractivity contribution is 6.10. The van der Waals surface area contributed by atoms with E-state index in [2.05, 4.69) is 10.6 Å². The molecule has 2 aromatic carbocycles. The maximum atomic E-state index is 13.3. The van der Waals surface area contributed by atoms with Crippen LogP contribution in [-0.2, 0) is 21.3 Å². The van der Waals surface area contributed by atoms with Crippen molar-refractivity contribution in [2.24, 2.45) is 0 Å². The number of rotatable bonds is 4. The Labute approximate surface area is 162 Å². The lowest BCUT2D eigenvalue weighted by Crippen LogP contribution is -2.43. The average Bonchev–Trinajstić information content (AvgIpc) is 2.85. The molecule has 1 heterocycles. The van der Waals surface area contributed by atoms with Crippen LogP contribution in [0.25, 0.3) is 0 Å². The number of carbonyl (C=O) groups excluding carboxylic acids is 3. The number of hydrogen-bond acceptors (Lipinski definition) is 3. The van der Waals surface area contributed by atoms with Gasteiger partial charge in [0.25, 0.3) is 5.91 Å². The highest BCUT2D eigenvalue weighted by atomic mass is 19.4. The first-order valence-electron chi connectivity index (χ1n) is 8.38. The fourth-order valence-electron chi connectivity index (χ4n) is 3.10. The molecule has 1 fully saturated rings. The molecule has 0 aliphatic carbocycles. The molecule has 2 N–H and O–H groups in total. The van der Waals surface area contributed by atoms with Crippen molar-refractivity contribution in [3.63, 3.8) is 0 Å². The molecule has 0 saturated carbocycles. The summed E-state index contributed by atoms with van der Waals surface area (Å²) in [4.78, 5) is 37.7. The Morgan fingerprint density at radius 2 is 1.83 bits per heavy atom. The van der Waals surface area contributed by atoms with Gasteiger partial charge in [-0.05, 0) is 36.8 Å². The zero-order valence-electron chi connectivity index (χ0n) is 15.0. The van der Waals surface area contributed by atoms with Crippen LogP contribution in [0.3, 0.4) is 0 Å². The Balaban J connectivity index is 1.84. The molecule has 1 atom stereocenters. The van der Waals surface area contributed by atoms with Gasteiger partial charge in [-0.2, -0.15) is 13.2 Å². The van der Waals surface area contributed by atoms with Gasteiger partial charge in [0.15, 0.2) is 0 Å². The van der Waals surface area contributed by atoms with E-state index in [1.807, 2.05) is 0 Å². The first kappa shape index (κ1) is 20.3. The zero-order valence-corrected chi connectivity index (χ0v) is 15.0. The number of nitrogens with one attached hydrogen (secondary N) is 2. The molecule has 1 saturated heterocycles. The summed E-state index contributed by atoms with van der Waals surface area (Å²) >= 11 is 0. The number of amides is 4. The fourth-order valence-corrected chi connectivity index (χ4v) is 3.10. The molecule has 1 aliphatic heterocycles. The molecule has 1 unspecified atom stereocenters. The molecule has 3 rings (SSSR count). The summed E-state index contributed by atoms with van der Waals surface area (Å²) in [7, 11) is 0. The Hall–Kier alpha value is -3.43. The molecule has 2 aromatic rings. The molecule has 0 bridgehead atoms. The van der Waals surface area contributed by atoms with Gasteiger partial charge in [0.2, 0.25) is 5.91 Å². The van der Waals surface area contributed by atoms with E-state index in [9.17, 15) is 31.9 Å². The van der Waals surface area contributed by atoms with Crippen LogP contribution in [0, 0.1) is 5.82 Å². The number of alkyl halides is 3. The van der Waals surface area contributed by atoms with Crippen molar-refractivity contribution < 1.29 is 31.9 Å². The van der Waals surface area contributed by atoms with E-state index in [-0.39, 0.29) is 5.69 Å². The topological polar surface area (TPSA) is 78.5 Å². The van der Waals surface area contributed by atoms with Crippen LogP contribution >= 0.6 is 0 Å². The van der Waals surface area contributed by atoms with Crippen LogP contribution < -0.4 is 10.6 Å². The second-order valence-corrected chi connectivity index (χ2v) is 6.55. The van der Waals surface area contributed by atoms with E-state index in [1.165, 1.54) is 24.3 Å².